The average Bonchev–Trinajstić information content (AvgIpc) is 1.51. The quantitative estimate of drug-likeness (QED) is 0.148. The van der Waals surface area contributed by atoms with Crippen molar-refractivity contribution in [1.82, 2.24) is 37.4 Å². The van der Waals surface area contributed by atoms with Gasteiger partial charge in [0, 0.05) is 93.5 Å². The Morgan fingerprint density at radius 3 is 0.642 bits per heavy atom. The van der Waals surface area contributed by atoms with E-state index >= 15 is 0 Å². The van der Waals surface area contributed by atoms with Gasteiger partial charge in [0.05, 0.1) is 66.2 Å². The lowest BCUT2D eigenvalue weighted by Gasteiger charge is -2.13. The van der Waals surface area contributed by atoms with Crippen LogP contribution >= 0.6 is 0 Å². The van der Waals surface area contributed by atoms with Crippen molar-refractivity contribution in [2.24, 2.45) is 0 Å². The molecule has 0 aliphatic rings. The van der Waals surface area contributed by atoms with E-state index in [0.717, 1.165) is 133 Å². The van der Waals surface area contributed by atoms with Crippen LogP contribution in [0.2, 0.25) is 0 Å². The minimum atomic E-state index is 0.174. The summed E-state index contributed by atoms with van der Waals surface area (Å²) in [5, 5.41) is 14.1. The molecule has 0 bridgehead atoms. The highest BCUT2D eigenvalue weighted by Crippen LogP contribution is 2.45. The molecule has 23 aromatic rings. The first-order chi connectivity index (χ1) is 54.0. The third-order valence-electron chi connectivity index (χ3n) is 22.8. The molecule has 0 fully saturated rings. The number of hydrogen-bond donors (Lipinski definition) is 1. The minimum absolute atomic E-state index is 0.174. The topological polar surface area (TPSA) is 81.4 Å². The van der Waals surface area contributed by atoms with Crippen LogP contribution in [0.25, 0.3) is 210 Å². The molecular weight excluding hydrogens is 1330 g/mol. The highest BCUT2D eigenvalue weighted by atomic mass is 15.2. The van der Waals surface area contributed by atoms with E-state index in [1.807, 2.05) is 0 Å². The first-order valence-corrected chi connectivity index (χ1v) is 37.1. The molecule has 7 heterocycles. The zero-order valence-electron chi connectivity index (χ0n) is 58.9. The van der Waals surface area contributed by atoms with E-state index in [-0.39, 0.29) is 5.95 Å². The highest BCUT2D eigenvalue weighted by molar-refractivity contribution is 6.17. The SMILES string of the molecule is Nc1nc(-n2c3ccccc3c3ccc(-c4ccc5c(c4)c4cc(-c6ccc7c8ccccc8n(-c8ccccc8)c7c6)ccc4n5-c4ccccc4)cc32)cc(-n2c3ccccc3c3ccc(-c4ccc5c(c4)c4cc(-c6ccc7c8ccccc8n(-c8ccccc8)c7c6)ccc4n5-c4ccccc4)cc32)n1. The molecule has 508 valence electrons. The van der Waals surface area contributed by atoms with Crippen LogP contribution in [0.1, 0.15) is 0 Å². The average molecular weight is 1390 g/mol. The van der Waals surface area contributed by atoms with Crippen molar-refractivity contribution in [2.75, 3.05) is 5.73 Å². The van der Waals surface area contributed by atoms with Crippen LogP contribution in [0, 0.1) is 0 Å². The second-order valence-corrected chi connectivity index (χ2v) is 28.7. The van der Waals surface area contributed by atoms with Crippen LogP contribution in [-0.2, 0) is 0 Å². The summed E-state index contributed by atoms with van der Waals surface area (Å²) in [6.45, 7) is 0. The van der Waals surface area contributed by atoms with Gasteiger partial charge in [-0.25, -0.2) is 0 Å². The molecule has 0 spiro atoms. The summed E-state index contributed by atoms with van der Waals surface area (Å²) in [6.07, 6.45) is 0. The fraction of sp³-hybridized carbons (Fsp3) is 0. The van der Waals surface area contributed by atoms with Crippen LogP contribution in [0.15, 0.2) is 370 Å². The molecule has 2 N–H and O–H groups in total. The molecule has 9 heteroatoms. The van der Waals surface area contributed by atoms with E-state index in [1.165, 1.54) is 65.2 Å². The molecule has 0 saturated heterocycles. The number of hydrogen-bond acceptors (Lipinski definition) is 3. The molecule has 0 aliphatic carbocycles. The van der Waals surface area contributed by atoms with Gasteiger partial charge >= 0.3 is 0 Å². The van der Waals surface area contributed by atoms with Gasteiger partial charge in [-0.3, -0.25) is 9.13 Å². The van der Waals surface area contributed by atoms with Crippen molar-refractivity contribution >= 4 is 137 Å². The summed E-state index contributed by atoms with van der Waals surface area (Å²) in [4.78, 5) is 10.3. The van der Waals surface area contributed by atoms with Crippen molar-refractivity contribution in [3.05, 3.63) is 370 Å². The lowest BCUT2D eigenvalue weighted by Crippen LogP contribution is -2.07. The van der Waals surface area contributed by atoms with Crippen molar-refractivity contribution in [3.8, 4) is 78.9 Å². The first-order valence-electron chi connectivity index (χ1n) is 37.1. The smallest absolute Gasteiger partial charge is 0.223 e. The Labute approximate surface area is 624 Å². The Morgan fingerprint density at radius 2 is 0.358 bits per heavy atom. The molecule has 16 aromatic carbocycles. The number of anilines is 1. The maximum atomic E-state index is 7.06. The molecule has 9 nitrogen and oxygen atoms in total. The minimum Gasteiger partial charge on any atom is -0.368 e. The van der Waals surface area contributed by atoms with Gasteiger partial charge in [0.1, 0.15) is 11.6 Å². The predicted molar refractivity (Wildman–Crippen MR) is 454 cm³/mol. The Kier molecular flexibility index (Phi) is 13.1. The van der Waals surface area contributed by atoms with Crippen LogP contribution < -0.4 is 5.73 Å². The van der Waals surface area contributed by atoms with Gasteiger partial charge in [-0.15, -0.1) is 0 Å². The summed E-state index contributed by atoms with van der Waals surface area (Å²) in [7, 11) is 0. The molecule has 23 rings (SSSR count). The van der Waals surface area contributed by atoms with Crippen molar-refractivity contribution in [1.29, 1.82) is 0 Å². The van der Waals surface area contributed by atoms with Crippen molar-refractivity contribution in [2.45, 2.75) is 0 Å². The van der Waals surface area contributed by atoms with Gasteiger partial charge in [0.25, 0.3) is 0 Å². The van der Waals surface area contributed by atoms with E-state index < -0.39 is 0 Å². The Balaban J connectivity index is 0.654. The molecule has 109 heavy (non-hydrogen) atoms. The Hall–Kier alpha value is -14.8. The number of aromatic nitrogens is 8. The maximum Gasteiger partial charge on any atom is 0.223 e. The maximum absolute atomic E-state index is 7.06. The van der Waals surface area contributed by atoms with E-state index in [9.17, 15) is 0 Å². The Bertz CT molecular complexity index is 7270. The number of benzene rings is 16. The fourth-order valence-electron chi connectivity index (χ4n) is 17.9. The number of nitrogens with zero attached hydrogens (tertiary/aromatic N) is 8. The number of nitrogens with two attached hydrogens (primary N) is 1. The summed E-state index contributed by atoms with van der Waals surface area (Å²) in [5.41, 5.74) is 33.9. The van der Waals surface area contributed by atoms with E-state index in [0.29, 0.717) is 11.6 Å². The number of rotatable bonds is 10. The summed E-state index contributed by atoms with van der Waals surface area (Å²) < 4.78 is 14.1. The summed E-state index contributed by atoms with van der Waals surface area (Å²) in [5.74, 6) is 1.51. The molecule has 0 amide bonds. The van der Waals surface area contributed by atoms with Crippen LogP contribution in [0.3, 0.4) is 0 Å². The normalized spacial score (nSPS) is 12.1. The molecule has 0 unspecified atom stereocenters. The zero-order chi connectivity index (χ0) is 71.5. The van der Waals surface area contributed by atoms with Crippen LogP contribution in [0.5, 0.6) is 0 Å². The standard InChI is InChI=1S/C100H63N9/c101-100-102-98(108-88-35-19-15-31-76(88)80-47-39-68(59-96(80)108)64-43-51-92-84(55-64)82-53-62(41-49-90(82)104(92)70-21-5-1-6-22-70)66-37-45-78-74-29-13-17-33-86(74)106(94(78)57-66)72-25-9-3-10-26-72)61-99(103-100)109-89-36-20-16-32-77(89)81-48-40-69(60-97(81)109)65-44-52-93-85(56-65)83-54-63(42-50-91(83)105(93)71-23-7-2-8-24-71)67-38-46-79-75-30-14-18-34-87(75)107(95(79)58-67)73-27-11-4-12-28-73/h1-61H,(H2,101,102,103). The third-order valence-corrected chi connectivity index (χ3v) is 22.8. The van der Waals surface area contributed by atoms with E-state index in [4.69, 9.17) is 15.7 Å². The van der Waals surface area contributed by atoms with Crippen molar-refractivity contribution in [3.63, 3.8) is 0 Å². The fourth-order valence-corrected chi connectivity index (χ4v) is 17.9. The lowest BCUT2D eigenvalue weighted by atomic mass is 9.99. The van der Waals surface area contributed by atoms with E-state index in [2.05, 4.69) is 397 Å². The molecular formula is C100H63N9. The van der Waals surface area contributed by atoms with Gasteiger partial charge in [-0.2, -0.15) is 9.97 Å². The molecule has 0 aliphatic heterocycles. The first kappa shape index (κ1) is 60.6. The lowest BCUT2D eigenvalue weighted by molar-refractivity contribution is 0.998. The highest BCUT2D eigenvalue weighted by Gasteiger charge is 2.24. The Morgan fingerprint density at radius 1 is 0.156 bits per heavy atom. The van der Waals surface area contributed by atoms with E-state index in [1.54, 1.807) is 0 Å². The van der Waals surface area contributed by atoms with Gasteiger partial charge in [0.15, 0.2) is 0 Å². The third kappa shape index (κ3) is 9.27. The molecule has 7 aromatic heterocycles. The monoisotopic (exact) mass is 1390 g/mol. The van der Waals surface area contributed by atoms with Crippen LogP contribution in [-0.4, -0.2) is 37.4 Å². The predicted octanol–water partition coefficient (Wildman–Crippen LogP) is 25.3. The summed E-state index contributed by atoms with van der Waals surface area (Å²) >= 11 is 0. The van der Waals surface area contributed by atoms with Crippen molar-refractivity contribution < 1.29 is 0 Å². The second-order valence-electron chi connectivity index (χ2n) is 28.7. The van der Waals surface area contributed by atoms with Gasteiger partial charge in [-0.05, 0) is 190 Å². The zero-order valence-corrected chi connectivity index (χ0v) is 58.9. The molecule has 0 atom stereocenters. The van der Waals surface area contributed by atoms with Gasteiger partial charge < -0.3 is 24.0 Å². The van der Waals surface area contributed by atoms with Gasteiger partial charge in [0.2, 0.25) is 5.95 Å². The largest absolute Gasteiger partial charge is 0.368 e. The number of nitrogen functional groups attached to an aromatic ring is 1. The number of para-hydroxylation sites is 8. The van der Waals surface area contributed by atoms with Crippen LogP contribution in [0.4, 0.5) is 5.95 Å². The molecule has 0 saturated carbocycles. The van der Waals surface area contributed by atoms with Gasteiger partial charge in [-0.1, -0.05) is 218 Å². The summed E-state index contributed by atoms with van der Waals surface area (Å²) in [6, 6.07) is 135. The second kappa shape index (κ2) is 23.6. The number of fused-ring (bicyclic) bond motifs is 18. The molecule has 0 radical (unpaired) electrons.